The van der Waals surface area contributed by atoms with E-state index < -0.39 is 0 Å². The molecule has 0 aliphatic rings. The Morgan fingerprint density at radius 3 is 2.36 bits per heavy atom. The molecular weight excluding hydrogens is 276 g/mol. The Morgan fingerprint density at radius 2 is 1.82 bits per heavy atom. The molecule has 0 radical (unpaired) electrons. The van der Waals surface area contributed by atoms with Crippen LogP contribution in [0.25, 0.3) is 0 Å². The van der Waals surface area contributed by atoms with Crippen LogP contribution in [0.3, 0.4) is 0 Å². The number of carbonyl (C=O) groups excluding carboxylic acids is 1. The average Bonchev–Trinajstić information content (AvgIpc) is 2.51. The van der Waals surface area contributed by atoms with Crippen LogP contribution in [0.2, 0.25) is 0 Å². The van der Waals surface area contributed by atoms with E-state index in [-0.39, 0.29) is 11.3 Å². The van der Waals surface area contributed by atoms with Crippen molar-refractivity contribution in [3.63, 3.8) is 0 Å². The van der Waals surface area contributed by atoms with Gasteiger partial charge in [-0.15, -0.1) is 0 Å². The van der Waals surface area contributed by atoms with Crippen molar-refractivity contribution < 1.29 is 4.79 Å². The number of carbonyl (C=O) groups is 1. The molecule has 22 heavy (non-hydrogen) atoms. The van der Waals surface area contributed by atoms with Gasteiger partial charge in [-0.05, 0) is 5.56 Å². The Kier molecular flexibility index (Phi) is 6.89. The van der Waals surface area contributed by atoms with E-state index in [0.717, 1.165) is 12.5 Å². The lowest BCUT2D eigenvalue weighted by Gasteiger charge is -2.26. The van der Waals surface area contributed by atoms with Crippen LogP contribution in [0.15, 0.2) is 35.3 Å². The lowest BCUT2D eigenvalue weighted by atomic mass is 9.85. The molecule has 5 nitrogen and oxygen atoms in total. The van der Waals surface area contributed by atoms with E-state index in [4.69, 9.17) is 0 Å². The lowest BCUT2D eigenvalue weighted by Crippen LogP contribution is -2.44. The van der Waals surface area contributed by atoms with E-state index in [1.165, 1.54) is 5.56 Å². The number of benzene rings is 1. The van der Waals surface area contributed by atoms with Gasteiger partial charge in [0.2, 0.25) is 5.91 Å². The molecule has 0 atom stereocenters. The normalized spacial score (nSPS) is 12.0. The second-order valence-corrected chi connectivity index (χ2v) is 6.14. The summed E-state index contributed by atoms with van der Waals surface area (Å²) in [4.78, 5) is 17.3. The largest absolute Gasteiger partial charge is 0.356 e. The molecule has 1 rings (SSSR count). The van der Waals surface area contributed by atoms with Crippen LogP contribution < -0.4 is 10.6 Å². The molecule has 5 heteroatoms. The first-order valence-corrected chi connectivity index (χ1v) is 7.57. The van der Waals surface area contributed by atoms with Gasteiger partial charge < -0.3 is 15.5 Å². The number of nitrogens with one attached hydrogen (secondary N) is 2. The van der Waals surface area contributed by atoms with Crippen molar-refractivity contribution in [1.82, 2.24) is 15.5 Å². The molecule has 0 aliphatic carbocycles. The van der Waals surface area contributed by atoms with Gasteiger partial charge in [0.05, 0.1) is 0 Å². The number of amides is 1. The zero-order valence-electron chi connectivity index (χ0n) is 14.3. The van der Waals surface area contributed by atoms with Gasteiger partial charge >= 0.3 is 0 Å². The highest BCUT2D eigenvalue weighted by Crippen LogP contribution is 2.21. The maximum absolute atomic E-state index is 11.5. The van der Waals surface area contributed by atoms with Gasteiger partial charge in [0.25, 0.3) is 0 Å². The second kappa shape index (κ2) is 8.41. The van der Waals surface area contributed by atoms with Crippen LogP contribution in [0.1, 0.15) is 25.8 Å². The SMILES string of the molecule is CN=C(NCCC(=O)N(C)C)NCC(C)(C)c1ccccc1. The summed E-state index contributed by atoms with van der Waals surface area (Å²) in [6.07, 6.45) is 0.454. The summed E-state index contributed by atoms with van der Waals surface area (Å²) >= 11 is 0. The lowest BCUT2D eigenvalue weighted by molar-refractivity contribution is -0.128. The molecule has 0 saturated carbocycles. The van der Waals surface area contributed by atoms with Crippen molar-refractivity contribution in [2.75, 3.05) is 34.2 Å². The summed E-state index contributed by atoms with van der Waals surface area (Å²) in [5.74, 6) is 0.822. The van der Waals surface area contributed by atoms with E-state index in [2.05, 4.69) is 53.7 Å². The van der Waals surface area contributed by atoms with Gasteiger partial charge in [0.1, 0.15) is 0 Å². The van der Waals surface area contributed by atoms with Crippen molar-refractivity contribution in [1.29, 1.82) is 0 Å². The molecule has 0 heterocycles. The van der Waals surface area contributed by atoms with Gasteiger partial charge in [-0.3, -0.25) is 9.79 Å². The van der Waals surface area contributed by atoms with Crippen molar-refractivity contribution in [3.8, 4) is 0 Å². The van der Waals surface area contributed by atoms with E-state index in [1.54, 1.807) is 26.0 Å². The Hall–Kier alpha value is -2.04. The molecular formula is C17H28N4O. The summed E-state index contributed by atoms with van der Waals surface area (Å²) in [5.41, 5.74) is 1.28. The Morgan fingerprint density at radius 1 is 1.18 bits per heavy atom. The third kappa shape index (κ3) is 5.76. The summed E-state index contributed by atoms with van der Waals surface area (Å²) in [6.45, 7) is 5.72. The number of nitrogens with zero attached hydrogens (tertiary/aromatic N) is 2. The molecule has 0 aliphatic heterocycles. The summed E-state index contributed by atoms with van der Waals surface area (Å²) in [7, 11) is 5.26. The first kappa shape index (κ1) is 18.0. The molecule has 0 spiro atoms. The maximum atomic E-state index is 11.5. The van der Waals surface area contributed by atoms with Gasteiger partial charge in [-0.25, -0.2) is 0 Å². The Labute approximate surface area is 133 Å². The minimum atomic E-state index is -0.00165. The smallest absolute Gasteiger partial charge is 0.223 e. The molecule has 1 amide bonds. The highest BCUT2D eigenvalue weighted by Gasteiger charge is 2.20. The van der Waals surface area contributed by atoms with Gasteiger partial charge in [-0.1, -0.05) is 44.2 Å². The van der Waals surface area contributed by atoms with Gasteiger partial charge in [0.15, 0.2) is 5.96 Å². The van der Waals surface area contributed by atoms with Crippen LogP contribution in [0.4, 0.5) is 0 Å². The van der Waals surface area contributed by atoms with Crippen molar-refractivity contribution in [2.45, 2.75) is 25.7 Å². The third-order valence-corrected chi connectivity index (χ3v) is 3.61. The fourth-order valence-corrected chi connectivity index (χ4v) is 2.03. The van der Waals surface area contributed by atoms with Crippen LogP contribution >= 0.6 is 0 Å². The molecule has 0 bridgehead atoms. The zero-order chi connectivity index (χ0) is 16.6. The molecule has 0 fully saturated rings. The quantitative estimate of drug-likeness (QED) is 0.620. The number of rotatable bonds is 6. The highest BCUT2D eigenvalue weighted by atomic mass is 16.2. The second-order valence-electron chi connectivity index (χ2n) is 6.14. The molecule has 1 aromatic rings. The molecule has 2 N–H and O–H groups in total. The molecule has 122 valence electrons. The van der Waals surface area contributed by atoms with Crippen LogP contribution in [0.5, 0.6) is 0 Å². The maximum Gasteiger partial charge on any atom is 0.223 e. The standard InChI is InChI=1S/C17H28N4O/c1-17(2,14-9-7-6-8-10-14)13-20-16(18-3)19-12-11-15(22)21(4)5/h6-10H,11-13H2,1-5H3,(H2,18,19,20). The number of hydrogen-bond donors (Lipinski definition) is 2. The fraction of sp³-hybridized carbons (Fsp3) is 0.529. The van der Waals surface area contributed by atoms with Crippen molar-refractivity contribution in [2.24, 2.45) is 4.99 Å². The van der Waals surface area contributed by atoms with Gasteiger partial charge in [-0.2, -0.15) is 0 Å². The monoisotopic (exact) mass is 304 g/mol. The molecule has 1 aromatic carbocycles. The van der Waals surface area contributed by atoms with E-state index in [0.29, 0.717) is 13.0 Å². The zero-order valence-corrected chi connectivity index (χ0v) is 14.3. The van der Waals surface area contributed by atoms with Crippen LogP contribution in [0, 0.1) is 0 Å². The molecule has 0 aromatic heterocycles. The topological polar surface area (TPSA) is 56.7 Å². The van der Waals surface area contributed by atoms with E-state index in [1.807, 2.05) is 6.07 Å². The average molecular weight is 304 g/mol. The Bertz CT molecular complexity index is 495. The number of guanidine groups is 1. The van der Waals surface area contributed by atoms with Crippen molar-refractivity contribution in [3.05, 3.63) is 35.9 Å². The first-order valence-electron chi connectivity index (χ1n) is 7.57. The highest BCUT2D eigenvalue weighted by molar-refractivity contribution is 5.81. The Balaban J connectivity index is 2.46. The predicted molar refractivity (Wildman–Crippen MR) is 92.1 cm³/mol. The summed E-state index contributed by atoms with van der Waals surface area (Å²) in [5, 5.41) is 6.50. The first-order chi connectivity index (χ1) is 10.4. The minimum Gasteiger partial charge on any atom is -0.356 e. The number of hydrogen-bond acceptors (Lipinski definition) is 2. The van der Waals surface area contributed by atoms with Crippen molar-refractivity contribution >= 4 is 11.9 Å². The summed E-state index contributed by atoms with van der Waals surface area (Å²) < 4.78 is 0. The van der Waals surface area contributed by atoms with Crippen LogP contribution in [-0.4, -0.2) is 51.0 Å². The van der Waals surface area contributed by atoms with E-state index in [9.17, 15) is 4.79 Å². The number of aliphatic imine (C=N–C) groups is 1. The predicted octanol–water partition coefficient (Wildman–Crippen LogP) is 1.61. The fourth-order valence-electron chi connectivity index (χ4n) is 2.03. The molecule has 0 saturated heterocycles. The summed E-state index contributed by atoms with van der Waals surface area (Å²) in [6, 6.07) is 10.4. The molecule has 0 unspecified atom stereocenters. The van der Waals surface area contributed by atoms with Crippen LogP contribution in [-0.2, 0) is 10.2 Å². The minimum absolute atomic E-state index is 0.00165. The van der Waals surface area contributed by atoms with E-state index >= 15 is 0 Å². The third-order valence-electron chi connectivity index (χ3n) is 3.61. The van der Waals surface area contributed by atoms with Gasteiger partial charge in [0, 0.05) is 46.1 Å².